The molecule has 0 unspecified atom stereocenters. The summed E-state index contributed by atoms with van der Waals surface area (Å²) in [5, 5.41) is 2.92. The lowest BCUT2D eigenvalue weighted by atomic mass is 9.93. The summed E-state index contributed by atoms with van der Waals surface area (Å²) in [6.07, 6.45) is 7.33. The maximum atomic E-state index is 12.6. The summed E-state index contributed by atoms with van der Waals surface area (Å²) in [6.45, 7) is 4.11. The van der Waals surface area contributed by atoms with Crippen LogP contribution >= 0.6 is 0 Å². The average molecular weight is 429 g/mol. The first-order chi connectivity index (χ1) is 15.0. The van der Waals surface area contributed by atoms with Gasteiger partial charge in [0.15, 0.2) is 0 Å². The van der Waals surface area contributed by atoms with Crippen molar-refractivity contribution in [2.24, 2.45) is 5.92 Å². The standard InChI is InChI=1S/C23H32N4O4/c1-17-24-9-12-26(17)11-8-23(29)27-10-4-5-18(16-27)6-7-22(28)25-19-13-20(30-2)15-21(14-19)31-3/h9,12-15,18H,4-8,10-11,16H2,1-3H3,(H,25,28)/t18-/m0/s1. The van der Waals surface area contributed by atoms with Gasteiger partial charge in [0.05, 0.1) is 14.2 Å². The van der Waals surface area contributed by atoms with Crippen LogP contribution in [0.4, 0.5) is 5.69 Å². The van der Waals surface area contributed by atoms with E-state index in [1.54, 1.807) is 38.6 Å². The van der Waals surface area contributed by atoms with Crippen molar-refractivity contribution < 1.29 is 19.1 Å². The van der Waals surface area contributed by atoms with Crippen LogP contribution < -0.4 is 14.8 Å². The number of rotatable bonds is 9. The molecule has 1 aliphatic rings. The molecule has 0 spiro atoms. The molecule has 0 bridgehead atoms. The predicted molar refractivity (Wildman–Crippen MR) is 118 cm³/mol. The van der Waals surface area contributed by atoms with Crippen molar-refractivity contribution >= 4 is 17.5 Å². The highest BCUT2D eigenvalue weighted by Gasteiger charge is 2.24. The molecule has 0 aliphatic carbocycles. The Morgan fingerprint density at radius 1 is 1.16 bits per heavy atom. The van der Waals surface area contributed by atoms with E-state index >= 15 is 0 Å². The highest BCUT2D eigenvalue weighted by molar-refractivity contribution is 5.91. The Hall–Kier alpha value is -3.03. The maximum absolute atomic E-state index is 12.6. The quantitative estimate of drug-likeness (QED) is 0.663. The van der Waals surface area contributed by atoms with Gasteiger partial charge in [0.25, 0.3) is 0 Å². The summed E-state index contributed by atoms with van der Waals surface area (Å²) in [4.78, 5) is 31.2. The van der Waals surface area contributed by atoms with Crippen LogP contribution in [0.2, 0.25) is 0 Å². The highest BCUT2D eigenvalue weighted by atomic mass is 16.5. The number of nitrogens with zero attached hydrogens (tertiary/aromatic N) is 3. The normalized spacial score (nSPS) is 16.1. The first kappa shape index (κ1) is 22.7. The molecule has 0 saturated carbocycles. The number of benzene rings is 1. The van der Waals surface area contributed by atoms with Gasteiger partial charge >= 0.3 is 0 Å². The fraction of sp³-hybridized carbons (Fsp3) is 0.522. The van der Waals surface area contributed by atoms with Crippen LogP contribution in [0.15, 0.2) is 30.6 Å². The van der Waals surface area contributed by atoms with Gasteiger partial charge in [-0.25, -0.2) is 4.98 Å². The summed E-state index contributed by atoms with van der Waals surface area (Å²) in [5.41, 5.74) is 0.649. The van der Waals surface area contributed by atoms with Gasteiger partial charge in [-0.2, -0.15) is 0 Å². The molecule has 8 heteroatoms. The van der Waals surface area contributed by atoms with E-state index in [0.717, 1.165) is 38.2 Å². The number of nitrogens with one attached hydrogen (secondary N) is 1. The largest absolute Gasteiger partial charge is 0.497 e. The lowest BCUT2D eigenvalue weighted by Crippen LogP contribution is -2.40. The van der Waals surface area contributed by atoms with Crippen LogP contribution in [-0.4, -0.2) is 53.6 Å². The molecule has 1 N–H and O–H groups in total. The van der Waals surface area contributed by atoms with Crippen molar-refractivity contribution in [3.63, 3.8) is 0 Å². The lowest BCUT2D eigenvalue weighted by Gasteiger charge is -2.33. The minimum atomic E-state index is -0.0469. The van der Waals surface area contributed by atoms with Crippen LogP contribution in [-0.2, 0) is 16.1 Å². The molecule has 2 aromatic rings. The minimum absolute atomic E-state index is 0.0469. The number of methoxy groups -OCH3 is 2. The van der Waals surface area contributed by atoms with Crippen LogP contribution in [0.25, 0.3) is 0 Å². The van der Waals surface area contributed by atoms with Gasteiger partial charge in [0, 0.05) is 68.8 Å². The first-order valence-corrected chi connectivity index (χ1v) is 10.8. The Balaban J connectivity index is 1.45. The van der Waals surface area contributed by atoms with E-state index in [1.165, 1.54) is 0 Å². The molecule has 1 fully saturated rings. The molecular formula is C23H32N4O4. The van der Waals surface area contributed by atoms with Gasteiger partial charge in [-0.1, -0.05) is 0 Å². The van der Waals surface area contributed by atoms with Gasteiger partial charge in [-0.05, 0) is 32.1 Å². The monoisotopic (exact) mass is 428 g/mol. The molecule has 168 valence electrons. The number of anilines is 1. The number of hydrogen-bond donors (Lipinski definition) is 1. The SMILES string of the molecule is COc1cc(NC(=O)CC[C@@H]2CCCN(C(=O)CCn3ccnc3C)C2)cc(OC)c1. The van der Waals surface area contributed by atoms with Gasteiger partial charge in [-0.15, -0.1) is 0 Å². The van der Waals surface area contributed by atoms with Crippen molar-refractivity contribution in [3.05, 3.63) is 36.4 Å². The summed E-state index contributed by atoms with van der Waals surface area (Å²) in [6, 6.07) is 5.30. The maximum Gasteiger partial charge on any atom is 0.224 e. The van der Waals surface area contributed by atoms with Crippen molar-refractivity contribution in [1.29, 1.82) is 0 Å². The van der Waals surface area contributed by atoms with Crippen LogP contribution in [0.3, 0.4) is 0 Å². The summed E-state index contributed by atoms with van der Waals surface area (Å²) in [5.74, 6) is 2.64. The van der Waals surface area contributed by atoms with Crippen LogP contribution in [0.1, 0.15) is 37.9 Å². The third-order valence-electron chi connectivity index (χ3n) is 5.78. The molecule has 1 aliphatic heterocycles. The molecule has 1 aromatic heterocycles. The molecule has 31 heavy (non-hydrogen) atoms. The van der Waals surface area contributed by atoms with Crippen molar-refractivity contribution in [3.8, 4) is 11.5 Å². The number of amides is 2. The van der Waals surface area contributed by atoms with Gasteiger partial charge in [0.2, 0.25) is 11.8 Å². The fourth-order valence-corrected chi connectivity index (χ4v) is 3.98. The second-order valence-electron chi connectivity index (χ2n) is 7.95. The van der Waals surface area contributed by atoms with E-state index in [9.17, 15) is 9.59 Å². The van der Waals surface area contributed by atoms with Gasteiger partial charge in [0.1, 0.15) is 17.3 Å². The Kier molecular flexibility index (Phi) is 7.92. The third kappa shape index (κ3) is 6.47. The van der Waals surface area contributed by atoms with E-state index in [0.29, 0.717) is 42.5 Å². The number of piperidine rings is 1. The number of likely N-dealkylation sites (tertiary alicyclic amines) is 1. The summed E-state index contributed by atoms with van der Waals surface area (Å²) < 4.78 is 12.5. The fourth-order valence-electron chi connectivity index (χ4n) is 3.98. The molecule has 1 atom stereocenters. The molecule has 2 amide bonds. The second-order valence-corrected chi connectivity index (χ2v) is 7.95. The summed E-state index contributed by atoms with van der Waals surface area (Å²) in [7, 11) is 3.15. The van der Waals surface area contributed by atoms with E-state index in [-0.39, 0.29) is 11.8 Å². The number of imidazole rings is 1. The van der Waals surface area contributed by atoms with E-state index in [4.69, 9.17) is 9.47 Å². The predicted octanol–water partition coefficient (Wildman–Crippen LogP) is 3.26. The number of carbonyl (C=O) groups is 2. The average Bonchev–Trinajstić information content (AvgIpc) is 3.20. The molecule has 1 aromatic carbocycles. The molecule has 3 rings (SSSR count). The van der Waals surface area contributed by atoms with Crippen molar-refractivity contribution in [1.82, 2.24) is 14.5 Å². The van der Waals surface area contributed by atoms with Crippen molar-refractivity contribution in [2.45, 2.75) is 45.6 Å². The molecule has 0 radical (unpaired) electrons. The number of ether oxygens (including phenoxy) is 2. The van der Waals surface area contributed by atoms with Crippen LogP contribution in [0.5, 0.6) is 11.5 Å². The van der Waals surface area contributed by atoms with Crippen molar-refractivity contribution in [2.75, 3.05) is 32.6 Å². The lowest BCUT2D eigenvalue weighted by molar-refractivity contribution is -0.133. The number of aryl methyl sites for hydroxylation is 2. The van der Waals surface area contributed by atoms with Gasteiger partial charge in [-0.3, -0.25) is 9.59 Å². The summed E-state index contributed by atoms with van der Waals surface area (Å²) >= 11 is 0. The molecular weight excluding hydrogens is 396 g/mol. The zero-order valence-corrected chi connectivity index (χ0v) is 18.6. The third-order valence-corrected chi connectivity index (χ3v) is 5.78. The smallest absolute Gasteiger partial charge is 0.224 e. The van der Waals surface area contributed by atoms with Crippen LogP contribution in [0, 0.1) is 12.8 Å². The number of aromatic nitrogens is 2. The molecule has 2 heterocycles. The Labute approximate surface area is 183 Å². The Bertz CT molecular complexity index is 873. The topological polar surface area (TPSA) is 85.7 Å². The zero-order chi connectivity index (χ0) is 22.2. The zero-order valence-electron chi connectivity index (χ0n) is 18.6. The van der Waals surface area contributed by atoms with E-state index in [1.807, 2.05) is 22.6 Å². The number of hydrogen-bond acceptors (Lipinski definition) is 5. The highest BCUT2D eigenvalue weighted by Crippen LogP contribution is 2.26. The second kappa shape index (κ2) is 10.8. The Morgan fingerprint density at radius 3 is 2.55 bits per heavy atom. The molecule has 1 saturated heterocycles. The Morgan fingerprint density at radius 2 is 1.90 bits per heavy atom. The van der Waals surface area contributed by atoms with Gasteiger partial charge < -0.3 is 24.3 Å². The molecule has 8 nitrogen and oxygen atoms in total. The van der Waals surface area contributed by atoms with E-state index in [2.05, 4.69) is 10.3 Å². The first-order valence-electron chi connectivity index (χ1n) is 10.8. The number of carbonyl (C=O) groups excluding carboxylic acids is 2. The van der Waals surface area contributed by atoms with E-state index < -0.39 is 0 Å². The minimum Gasteiger partial charge on any atom is -0.497 e.